The molecule has 0 aliphatic heterocycles. The minimum atomic E-state index is -0.204. The predicted molar refractivity (Wildman–Crippen MR) is 80.2 cm³/mol. The Morgan fingerprint density at radius 3 is 1.94 bits per heavy atom. The van der Waals surface area contributed by atoms with E-state index < -0.39 is 0 Å². The summed E-state index contributed by atoms with van der Waals surface area (Å²) in [5.41, 5.74) is -0.204. The topological polar surface area (TPSA) is 17.1 Å². The van der Waals surface area contributed by atoms with Gasteiger partial charge in [-0.15, -0.1) is 11.3 Å². The van der Waals surface area contributed by atoms with Crippen LogP contribution < -0.4 is 0 Å². The number of Topliss-reactive ketones (excluding diaryl/α,β-unsaturated/α-hetero) is 1. The zero-order valence-electron chi connectivity index (χ0n) is 12.0. The van der Waals surface area contributed by atoms with Crippen LogP contribution in [0.25, 0.3) is 0 Å². The molecule has 1 aliphatic rings. The van der Waals surface area contributed by atoms with Gasteiger partial charge in [-0.1, -0.05) is 65.4 Å². The van der Waals surface area contributed by atoms with Crippen molar-refractivity contribution in [1.82, 2.24) is 0 Å². The second kappa shape index (κ2) is 7.73. The summed E-state index contributed by atoms with van der Waals surface area (Å²) in [4.78, 5) is 12.7. The zero-order valence-corrected chi connectivity index (χ0v) is 12.8. The van der Waals surface area contributed by atoms with Gasteiger partial charge in [0.25, 0.3) is 0 Å². The lowest BCUT2D eigenvalue weighted by atomic mass is 9.89. The van der Waals surface area contributed by atoms with Crippen LogP contribution in [0.4, 0.5) is 0 Å². The minimum absolute atomic E-state index is 0.204. The summed E-state index contributed by atoms with van der Waals surface area (Å²) in [6.07, 6.45) is 9.58. The van der Waals surface area contributed by atoms with Crippen LogP contribution in [-0.4, -0.2) is 5.78 Å². The lowest BCUT2D eigenvalue weighted by Gasteiger charge is -2.15. The molecule has 0 aromatic carbocycles. The van der Waals surface area contributed by atoms with Crippen LogP contribution in [0.3, 0.4) is 0 Å². The second-order valence-corrected chi connectivity index (χ2v) is 7.08. The van der Waals surface area contributed by atoms with Gasteiger partial charge in [0, 0.05) is 16.7 Å². The quantitative estimate of drug-likeness (QED) is 0.715. The first-order valence-corrected chi connectivity index (χ1v) is 7.94. The molecular formula is C16H26OS. The van der Waals surface area contributed by atoms with E-state index in [0.29, 0.717) is 12.2 Å². The molecule has 2 rings (SSSR count). The van der Waals surface area contributed by atoms with E-state index in [4.69, 9.17) is 0 Å². The van der Waals surface area contributed by atoms with Crippen molar-refractivity contribution in [2.45, 2.75) is 65.7 Å². The number of carbonyl (C=O) groups excluding carboxylic acids is 1. The van der Waals surface area contributed by atoms with Crippen LogP contribution in [0.15, 0.2) is 17.5 Å². The fourth-order valence-electron chi connectivity index (χ4n) is 1.90. The second-order valence-electron chi connectivity index (χ2n) is 6.05. The zero-order chi connectivity index (χ0) is 13.4. The molecule has 0 amide bonds. The van der Waals surface area contributed by atoms with Crippen molar-refractivity contribution in [3.8, 4) is 0 Å². The maximum atomic E-state index is 11.5. The minimum Gasteiger partial charge on any atom is -0.299 e. The molecule has 102 valence electrons. The third-order valence-corrected chi connectivity index (χ3v) is 4.13. The summed E-state index contributed by atoms with van der Waals surface area (Å²) in [6, 6.07) is 3.99. The van der Waals surface area contributed by atoms with Gasteiger partial charge in [-0.3, -0.25) is 4.79 Å². The highest BCUT2D eigenvalue weighted by atomic mass is 32.1. The Hall–Kier alpha value is -0.630. The molecule has 1 nitrogen and oxygen atoms in total. The highest BCUT2D eigenvalue weighted by Gasteiger charge is 2.21. The highest BCUT2D eigenvalue weighted by Crippen LogP contribution is 2.19. The molecule has 18 heavy (non-hydrogen) atoms. The van der Waals surface area contributed by atoms with E-state index in [-0.39, 0.29) is 5.41 Å². The molecule has 1 aromatic rings. The molecule has 0 radical (unpaired) electrons. The fraction of sp³-hybridized carbons (Fsp3) is 0.688. The van der Waals surface area contributed by atoms with Crippen molar-refractivity contribution in [3.05, 3.63) is 22.4 Å². The molecular weight excluding hydrogens is 240 g/mol. The predicted octanol–water partition coefficient (Wildman–Crippen LogP) is 5.25. The standard InChI is InChI=1S/C10H14OS.C6H12/c1-10(2,3)9(11)7-8-5-4-6-12-8;1-2-4-6-5-3-1/h4-6H,7H2,1-3H3;1-6H2. The molecule has 0 atom stereocenters. The Labute approximate surface area is 116 Å². The first-order valence-electron chi connectivity index (χ1n) is 7.06. The van der Waals surface area contributed by atoms with Crippen molar-refractivity contribution >= 4 is 17.1 Å². The van der Waals surface area contributed by atoms with Crippen molar-refractivity contribution in [2.75, 3.05) is 0 Å². The Balaban J connectivity index is 0.000000225. The summed E-state index contributed by atoms with van der Waals surface area (Å²) in [7, 11) is 0. The fourth-order valence-corrected chi connectivity index (χ4v) is 2.60. The van der Waals surface area contributed by atoms with E-state index in [2.05, 4.69) is 0 Å². The van der Waals surface area contributed by atoms with Gasteiger partial charge in [0.2, 0.25) is 0 Å². The number of rotatable bonds is 2. The Morgan fingerprint density at radius 1 is 1.11 bits per heavy atom. The molecule has 0 N–H and O–H groups in total. The van der Waals surface area contributed by atoms with E-state index in [1.165, 1.54) is 38.5 Å². The molecule has 0 spiro atoms. The monoisotopic (exact) mass is 266 g/mol. The van der Waals surface area contributed by atoms with E-state index in [1.807, 2.05) is 38.3 Å². The highest BCUT2D eigenvalue weighted by molar-refractivity contribution is 7.10. The largest absolute Gasteiger partial charge is 0.299 e. The number of thiophene rings is 1. The molecule has 1 aliphatic carbocycles. The van der Waals surface area contributed by atoms with E-state index >= 15 is 0 Å². The number of hydrogen-bond acceptors (Lipinski definition) is 2. The summed E-state index contributed by atoms with van der Waals surface area (Å²) in [5, 5.41) is 2.01. The normalized spacial score (nSPS) is 15.7. The third kappa shape index (κ3) is 6.34. The van der Waals surface area contributed by atoms with E-state index in [0.717, 1.165) is 4.88 Å². The molecule has 0 saturated heterocycles. The van der Waals surface area contributed by atoms with Crippen LogP contribution in [0, 0.1) is 5.41 Å². The van der Waals surface area contributed by atoms with Crippen LogP contribution in [0.5, 0.6) is 0 Å². The first-order chi connectivity index (χ1) is 8.50. The summed E-state index contributed by atoms with van der Waals surface area (Å²) < 4.78 is 0. The lowest BCUT2D eigenvalue weighted by Crippen LogP contribution is -2.21. The molecule has 1 aromatic heterocycles. The smallest absolute Gasteiger partial charge is 0.143 e. The van der Waals surface area contributed by atoms with Crippen molar-refractivity contribution in [1.29, 1.82) is 0 Å². The van der Waals surface area contributed by atoms with Gasteiger partial charge in [0.05, 0.1) is 0 Å². The van der Waals surface area contributed by atoms with Crippen LogP contribution in [0.1, 0.15) is 64.2 Å². The summed E-state index contributed by atoms with van der Waals surface area (Å²) >= 11 is 1.65. The van der Waals surface area contributed by atoms with Gasteiger partial charge >= 0.3 is 0 Å². The number of ketones is 1. The molecule has 0 unspecified atom stereocenters. The first kappa shape index (κ1) is 15.4. The summed E-state index contributed by atoms with van der Waals surface area (Å²) in [6.45, 7) is 5.88. The number of hydrogen-bond donors (Lipinski definition) is 0. The van der Waals surface area contributed by atoms with Gasteiger partial charge in [-0.05, 0) is 11.4 Å². The Bertz CT molecular complexity index is 317. The van der Waals surface area contributed by atoms with Crippen LogP contribution in [0.2, 0.25) is 0 Å². The lowest BCUT2D eigenvalue weighted by molar-refractivity contribution is -0.125. The number of carbonyl (C=O) groups is 1. The molecule has 1 saturated carbocycles. The van der Waals surface area contributed by atoms with Gasteiger partial charge in [0.1, 0.15) is 5.78 Å². The van der Waals surface area contributed by atoms with Crippen molar-refractivity contribution in [2.24, 2.45) is 5.41 Å². The Kier molecular flexibility index (Phi) is 6.62. The van der Waals surface area contributed by atoms with Crippen LogP contribution >= 0.6 is 11.3 Å². The van der Waals surface area contributed by atoms with E-state index in [9.17, 15) is 4.79 Å². The van der Waals surface area contributed by atoms with E-state index in [1.54, 1.807) is 11.3 Å². The average Bonchev–Trinajstić information content (AvgIpc) is 2.84. The van der Waals surface area contributed by atoms with Gasteiger partial charge < -0.3 is 0 Å². The Morgan fingerprint density at radius 2 is 1.61 bits per heavy atom. The molecule has 2 heteroatoms. The maximum absolute atomic E-state index is 11.5. The molecule has 1 fully saturated rings. The third-order valence-electron chi connectivity index (χ3n) is 3.25. The molecule has 1 heterocycles. The van der Waals surface area contributed by atoms with Crippen LogP contribution in [-0.2, 0) is 11.2 Å². The van der Waals surface area contributed by atoms with Gasteiger partial charge in [-0.2, -0.15) is 0 Å². The summed E-state index contributed by atoms with van der Waals surface area (Å²) in [5.74, 6) is 0.310. The molecule has 0 bridgehead atoms. The average molecular weight is 266 g/mol. The van der Waals surface area contributed by atoms with Gasteiger partial charge in [0.15, 0.2) is 0 Å². The van der Waals surface area contributed by atoms with Gasteiger partial charge in [-0.25, -0.2) is 0 Å². The van der Waals surface area contributed by atoms with Crippen molar-refractivity contribution in [3.63, 3.8) is 0 Å². The maximum Gasteiger partial charge on any atom is 0.143 e. The SMILES string of the molecule is C1CCCCC1.CC(C)(C)C(=O)Cc1cccs1. The van der Waals surface area contributed by atoms with Crippen molar-refractivity contribution < 1.29 is 4.79 Å².